The van der Waals surface area contributed by atoms with E-state index in [4.69, 9.17) is 9.26 Å². The number of carbonyl (C=O) groups excluding carboxylic acids is 1. The second-order valence-corrected chi connectivity index (χ2v) is 7.14. The molecule has 0 saturated carbocycles. The van der Waals surface area contributed by atoms with Gasteiger partial charge < -0.3 is 14.2 Å². The van der Waals surface area contributed by atoms with Crippen LogP contribution in [0.4, 0.5) is 0 Å². The van der Waals surface area contributed by atoms with Crippen molar-refractivity contribution in [2.24, 2.45) is 0 Å². The van der Waals surface area contributed by atoms with Gasteiger partial charge in [-0.3, -0.25) is 14.7 Å². The smallest absolute Gasteiger partial charge is 0.227 e. The van der Waals surface area contributed by atoms with E-state index in [1.807, 2.05) is 47.4 Å². The highest BCUT2D eigenvalue weighted by Gasteiger charge is 2.21. The van der Waals surface area contributed by atoms with Crippen molar-refractivity contribution in [1.29, 1.82) is 0 Å². The lowest BCUT2D eigenvalue weighted by Gasteiger charge is -2.34. The van der Waals surface area contributed by atoms with Crippen LogP contribution in [0.15, 0.2) is 59.4 Å². The van der Waals surface area contributed by atoms with E-state index in [1.54, 1.807) is 12.4 Å². The number of aryl methyl sites for hydroxylation is 1. The quantitative estimate of drug-likeness (QED) is 0.566. The molecule has 1 amide bonds. The van der Waals surface area contributed by atoms with Crippen molar-refractivity contribution in [3.8, 4) is 17.1 Å². The van der Waals surface area contributed by atoms with Crippen LogP contribution in [-0.2, 0) is 11.2 Å². The van der Waals surface area contributed by atoms with E-state index in [1.165, 1.54) is 0 Å². The van der Waals surface area contributed by atoms with E-state index in [2.05, 4.69) is 20.0 Å². The summed E-state index contributed by atoms with van der Waals surface area (Å²) in [5.74, 6) is 1.98. The average Bonchev–Trinajstić information content (AvgIpc) is 3.28. The van der Waals surface area contributed by atoms with Gasteiger partial charge in [0.1, 0.15) is 12.4 Å². The van der Waals surface area contributed by atoms with Gasteiger partial charge in [-0.15, -0.1) is 0 Å². The Kier molecular flexibility index (Phi) is 6.66. The molecule has 1 aliphatic rings. The molecule has 1 fully saturated rings. The maximum absolute atomic E-state index is 12.5. The first kappa shape index (κ1) is 20.0. The predicted molar refractivity (Wildman–Crippen MR) is 111 cm³/mol. The molecule has 30 heavy (non-hydrogen) atoms. The second-order valence-electron chi connectivity index (χ2n) is 7.14. The molecule has 1 aliphatic heterocycles. The Balaban J connectivity index is 1.16. The van der Waals surface area contributed by atoms with Crippen LogP contribution in [-0.4, -0.2) is 70.2 Å². The van der Waals surface area contributed by atoms with E-state index < -0.39 is 0 Å². The largest absolute Gasteiger partial charge is 0.492 e. The van der Waals surface area contributed by atoms with Crippen molar-refractivity contribution in [1.82, 2.24) is 24.9 Å². The summed E-state index contributed by atoms with van der Waals surface area (Å²) in [5, 5.41) is 3.97. The van der Waals surface area contributed by atoms with Crippen molar-refractivity contribution < 1.29 is 14.1 Å². The van der Waals surface area contributed by atoms with Crippen LogP contribution in [0, 0.1) is 0 Å². The SMILES string of the molecule is O=C(CCc1nc(-c2cccnc2)no1)N1CCN(CCOc2ccccc2)CC1. The third-order valence-electron chi connectivity index (χ3n) is 5.09. The fourth-order valence-corrected chi connectivity index (χ4v) is 3.37. The van der Waals surface area contributed by atoms with E-state index in [0.717, 1.165) is 44.0 Å². The van der Waals surface area contributed by atoms with Gasteiger partial charge in [-0.1, -0.05) is 23.4 Å². The van der Waals surface area contributed by atoms with Crippen molar-refractivity contribution >= 4 is 5.91 Å². The molecule has 0 aliphatic carbocycles. The summed E-state index contributed by atoms with van der Waals surface area (Å²) in [6, 6.07) is 13.5. The molecule has 8 heteroatoms. The van der Waals surface area contributed by atoms with E-state index in [9.17, 15) is 4.79 Å². The molecule has 0 N–H and O–H groups in total. The predicted octanol–water partition coefficient (Wildman–Crippen LogP) is 2.29. The van der Waals surface area contributed by atoms with Crippen LogP contribution in [0.5, 0.6) is 5.75 Å². The number of rotatable bonds is 8. The van der Waals surface area contributed by atoms with Gasteiger partial charge in [-0.2, -0.15) is 4.98 Å². The number of pyridine rings is 1. The Bertz CT molecular complexity index is 924. The maximum Gasteiger partial charge on any atom is 0.227 e. The van der Waals surface area contributed by atoms with Crippen molar-refractivity contribution in [3.05, 3.63) is 60.7 Å². The fraction of sp³-hybridized carbons (Fsp3) is 0.364. The van der Waals surface area contributed by atoms with Gasteiger partial charge >= 0.3 is 0 Å². The second kappa shape index (κ2) is 9.98. The lowest BCUT2D eigenvalue weighted by Crippen LogP contribution is -2.49. The molecular formula is C22H25N5O3. The zero-order valence-corrected chi connectivity index (χ0v) is 16.8. The molecule has 0 atom stereocenters. The number of hydrogen-bond donors (Lipinski definition) is 0. The Morgan fingerprint density at radius 1 is 1.07 bits per heavy atom. The minimum atomic E-state index is 0.122. The highest BCUT2D eigenvalue weighted by Crippen LogP contribution is 2.15. The van der Waals surface area contributed by atoms with Gasteiger partial charge in [0.25, 0.3) is 0 Å². The van der Waals surface area contributed by atoms with Crippen molar-refractivity contribution in [2.45, 2.75) is 12.8 Å². The third kappa shape index (κ3) is 5.42. The van der Waals surface area contributed by atoms with E-state index >= 15 is 0 Å². The summed E-state index contributed by atoms with van der Waals surface area (Å²) >= 11 is 0. The summed E-state index contributed by atoms with van der Waals surface area (Å²) < 4.78 is 11.0. The Morgan fingerprint density at radius 3 is 2.67 bits per heavy atom. The van der Waals surface area contributed by atoms with Gasteiger partial charge in [0.05, 0.1) is 0 Å². The van der Waals surface area contributed by atoms with E-state index in [-0.39, 0.29) is 5.91 Å². The molecule has 3 aromatic rings. The molecule has 4 rings (SSSR count). The number of para-hydroxylation sites is 1. The van der Waals surface area contributed by atoms with E-state index in [0.29, 0.717) is 31.2 Å². The Hall–Kier alpha value is -3.26. The lowest BCUT2D eigenvalue weighted by atomic mass is 10.2. The molecule has 0 bridgehead atoms. The summed E-state index contributed by atoms with van der Waals surface area (Å²) in [6.07, 6.45) is 4.19. The minimum Gasteiger partial charge on any atom is -0.492 e. The number of aromatic nitrogens is 3. The highest BCUT2D eigenvalue weighted by molar-refractivity contribution is 5.76. The lowest BCUT2D eigenvalue weighted by molar-refractivity contribution is -0.133. The van der Waals surface area contributed by atoms with Gasteiger partial charge in [0, 0.05) is 63.5 Å². The standard InChI is InChI=1S/C22H25N5O3/c28-21(9-8-20-24-22(25-30-20)18-5-4-10-23-17-18)27-13-11-26(12-14-27)15-16-29-19-6-2-1-3-7-19/h1-7,10,17H,8-9,11-16H2. The third-order valence-corrected chi connectivity index (χ3v) is 5.09. The first-order valence-electron chi connectivity index (χ1n) is 10.2. The molecule has 0 unspecified atom stereocenters. The average molecular weight is 407 g/mol. The first-order chi connectivity index (χ1) is 14.8. The minimum absolute atomic E-state index is 0.122. The van der Waals surface area contributed by atoms with Crippen LogP contribution >= 0.6 is 0 Å². The molecule has 1 aromatic carbocycles. The number of nitrogens with zero attached hydrogens (tertiary/aromatic N) is 5. The summed E-state index contributed by atoms with van der Waals surface area (Å²) in [6.45, 7) is 4.68. The summed E-state index contributed by atoms with van der Waals surface area (Å²) in [7, 11) is 0. The number of ether oxygens (including phenoxy) is 1. The Morgan fingerprint density at radius 2 is 1.90 bits per heavy atom. The molecular weight excluding hydrogens is 382 g/mol. The van der Waals surface area contributed by atoms with Crippen molar-refractivity contribution in [2.75, 3.05) is 39.3 Å². The zero-order chi connectivity index (χ0) is 20.6. The van der Waals surface area contributed by atoms with Gasteiger partial charge in [0.2, 0.25) is 17.6 Å². The van der Waals surface area contributed by atoms with Crippen LogP contribution in [0.1, 0.15) is 12.3 Å². The first-order valence-corrected chi connectivity index (χ1v) is 10.2. The molecule has 0 radical (unpaired) electrons. The summed E-state index contributed by atoms with van der Waals surface area (Å²) in [4.78, 5) is 25.2. The number of amides is 1. The molecule has 2 aromatic heterocycles. The fourth-order valence-electron chi connectivity index (χ4n) is 3.37. The van der Waals surface area contributed by atoms with Gasteiger partial charge in [-0.25, -0.2) is 0 Å². The molecule has 8 nitrogen and oxygen atoms in total. The van der Waals surface area contributed by atoms with Crippen LogP contribution in [0.25, 0.3) is 11.4 Å². The molecule has 156 valence electrons. The number of carbonyl (C=O) groups is 1. The van der Waals surface area contributed by atoms with Gasteiger partial charge in [0.15, 0.2) is 0 Å². The van der Waals surface area contributed by atoms with Crippen LogP contribution in [0.2, 0.25) is 0 Å². The van der Waals surface area contributed by atoms with Crippen LogP contribution < -0.4 is 4.74 Å². The Labute approximate surface area is 175 Å². The summed E-state index contributed by atoms with van der Waals surface area (Å²) in [5.41, 5.74) is 0.797. The molecule has 3 heterocycles. The normalized spacial score (nSPS) is 14.6. The van der Waals surface area contributed by atoms with Crippen molar-refractivity contribution in [3.63, 3.8) is 0 Å². The molecule has 0 spiro atoms. The maximum atomic E-state index is 12.5. The monoisotopic (exact) mass is 407 g/mol. The number of hydrogen-bond acceptors (Lipinski definition) is 7. The zero-order valence-electron chi connectivity index (χ0n) is 16.8. The number of piperazine rings is 1. The van der Waals surface area contributed by atoms with Gasteiger partial charge in [-0.05, 0) is 24.3 Å². The molecule has 1 saturated heterocycles. The highest BCUT2D eigenvalue weighted by atomic mass is 16.5. The topological polar surface area (TPSA) is 84.6 Å². The van der Waals surface area contributed by atoms with Crippen LogP contribution in [0.3, 0.4) is 0 Å². The number of benzene rings is 1.